The van der Waals surface area contributed by atoms with E-state index in [1.165, 1.54) is 7.11 Å². The first-order valence-electron chi connectivity index (χ1n) is 5.92. The van der Waals surface area contributed by atoms with Crippen LogP contribution in [0.2, 0.25) is 0 Å². The van der Waals surface area contributed by atoms with Crippen LogP contribution in [0.15, 0.2) is 12.4 Å². The summed E-state index contributed by atoms with van der Waals surface area (Å²) >= 11 is 0. The quantitative estimate of drug-likeness (QED) is 0.673. The molecule has 1 rings (SSSR count). The highest BCUT2D eigenvalue weighted by atomic mass is 16.5. The van der Waals surface area contributed by atoms with Crippen molar-refractivity contribution in [3.05, 3.63) is 18.2 Å². The predicted octanol–water partition coefficient (Wildman–Crippen LogP) is 1.29. The standard InChI is InChI=1S/C12H21N3O2/c1-4-15-9-7-13-11(15)10-14(2)8-5-6-12(16)17-3/h7,9H,4-6,8,10H2,1-3H3. The van der Waals surface area contributed by atoms with Crippen molar-refractivity contribution in [3.63, 3.8) is 0 Å². The summed E-state index contributed by atoms with van der Waals surface area (Å²) in [6, 6.07) is 0. The van der Waals surface area contributed by atoms with Crippen LogP contribution in [0.1, 0.15) is 25.6 Å². The lowest BCUT2D eigenvalue weighted by Crippen LogP contribution is -2.22. The second-order valence-corrected chi connectivity index (χ2v) is 4.05. The number of carbonyl (C=O) groups excluding carboxylic acids is 1. The van der Waals surface area contributed by atoms with Crippen LogP contribution in [0.3, 0.4) is 0 Å². The molecule has 0 saturated heterocycles. The van der Waals surface area contributed by atoms with Crippen molar-refractivity contribution in [2.24, 2.45) is 0 Å². The number of aromatic nitrogens is 2. The normalized spacial score (nSPS) is 10.8. The summed E-state index contributed by atoms with van der Waals surface area (Å²) in [6.45, 7) is 4.71. The largest absolute Gasteiger partial charge is 0.469 e. The van der Waals surface area contributed by atoms with Gasteiger partial charge in [-0.1, -0.05) is 0 Å². The first-order valence-corrected chi connectivity index (χ1v) is 5.92. The van der Waals surface area contributed by atoms with Crippen molar-refractivity contribution in [1.29, 1.82) is 0 Å². The number of esters is 1. The topological polar surface area (TPSA) is 47.4 Å². The molecule has 1 aromatic rings. The molecule has 0 aliphatic rings. The van der Waals surface area contributed by atoms with E-state index in [2.05, 4.69) is 26.1 Å². The molecule has 0 radical (unpaired) electrons. The van der Waals surface area contributed by atoms with Crippen molar-refractivity contribution >= 4 is 5.97 Å². The van der Waals surface area contributed by atoms with E-state index in [-0.39, 0.29) is 5.97 Å². The molecule has 96 valence electrons. The molecule has 1 heterocycles. The minimum absolute atomic E-state index is 0.145. The van der Waals surface area contributed by atoms with Gasteiger partial charge >= 0.3 is 5.97 Å². The summed E-state index contributed by atoms with van der Waals surface area (Å²) in [6.07, 6.45) is 5.10. The van der Waals surface area contributed by atoms with E-state index in [1.807, 2.05) is 19.4 Å². The molecule has 5 nitrogen and oxygen atoms in total. The summed E-state index contributed by atoms with van der Waals surface area (Å²) in [5.41, 5.74) is 0. The molecule has 17 heavy (non-hydrogen) atoms. The van der Waals surface area contributed by atoms with Crippen LogP contribution in [0.4, 0.5) is 0 Å². The van der Waals surface area contributed by atoms with Gasteiger partial charge in [-0.3, -0.25) is 9.69 Å². The number of rotatable bonds is 7. The Morgan fingerprint density at radius 3 is 3.00 bits per heavy atom. The van der Waals surface area contributed by atoms with Crippen LogP contribution in [-0.2, 0) is 22.6 Å². The minimum atomic E-state index is -0.145. The molecule has 0 unspecified atom stereocenters. The average molecular weight is 239 g/mol. The van der Waals surface area contributed by atoms with Crippen LogP contribution in [0.5, 0.6) is 0 Å². The van der Waals surface area contributed by atoms with Gasteiger partial charge in [0.1, 0.15) is 5.82 Å². The van der Waals surface area contributed by atoms with Gasteiger partial charge in [-0.05, 0) is 26.9 Å². The summed E-state index contributed by atoms with van der Waals surface area (Å²) in [5, 5.41) is 0. The van der Waals surface area contributed by atoms with Gasteiger partial charge in [-0.2, -0.15) is 0 Å². The van der Waals surface area contributed by atoms with Gasteiger partial charge in [0.2, 0.25) is 0 Å². The monoisotopic (exact) mass is 239 g/mol. The molecule has 0 fully saturated rings. The van der Waals surface area contributed by atoms with Crippen LogP contribution < -0.4 is 0 Å². The van der Waals surface area contributed by atoms with Crippen LogP contribution >= 0.6 is 0 Å². The van der Waals surface area contributed by atoms with Crippen LogP contribution in [0.25, 0.3) is 0 Å². The Balaban J connectivity index is 2.29. The molecular weight excluding hydrogens is 218 g/mol. The first-order chi connectivity index (χ1) is 8.17. The van der Waals surface area contributed by atoms with Gasteiger partial charge in [0.15, 0.2) is 0 Å². The van der Waals surface area contributed by atoms with E-state index in [9.17, 15) is 4.79 Å². The lowest BCUT2D eigenvalue weighted by molar-refractivity contribution is -0.140. The Bertz CT molecular complexity index is 349. The Kier molecular flexibility index (Phi) is 5.69. The third kappa shape index (κ3) is 4.56. The summed E-state index contributed by atoms with van der Waals surface area (Å²) in [7, 11) is 3.45. The maximum atomic E-state index is 11.0. The molecule has 1 aromatic heterocycles. The van der Waals surface area contributed by atoms with Gasteiger partial charge in [0, 0.05) is 25.4 Å². The molecule has 0 atom stereocenters. The maximum Gasteiger partial charge on any atom is 0.305 e. The number of methoxy groups -OCH3 is 1. The molecule has 0 bridgehead atoms. The fourth-order valence-corrected chi connectivity index (χ4v) is 1.70. The number of imidazole rings is 1. The van der Waals surface area contributed by atoms with Gasteiger partial charge in [-0.25, -0.2) is 4.98 Å². The number of nitrogens with zero attached hydrogens (tertiary/aromatic N) is 3. The van der Waals surface area contributed by atoms with Crippen molar-refractivity contribution in [2.75, 3.05) is 20.7 Å². The van der Waals surface area contributed by atoms with E-state index >= 15 is 0 Å². The lowest BCUT2D eigenvalue weighted by atomic mass is 10.3. The van der Waals surface area contributed by atoms with Gasteiger partial charge in [0.05, 0.1) is 13.7 Å². The molecule has 0 aromatic carbocycles. The lowest BCUT2D eigenvalue weighted by Gasteiger charge is -2.16. The molecule has 0 N–H and O–H groups in total. The zero-order valence-electron chi connectivity index (χ0n) is 10.8. The van der Waals surface area contributed by atoms with E-state index in [1.54, 1.807) is 0 Å². The van der Waals surface area contributed by atoms with E-state index < -0.39 is 0 Å². The highest BCUT2D eigenvalue weighted by Gasteiger charge is 2.06. The second-order valence-electron chi connectivity index (χ2n) is 4.05. The number of carbonyl (C=O) groups is 1. The molecule has 0 spiro atoms. The number of aryl methyl sites for hydroxylation is 1. The highest BCUT2D eigenvalue weighted by molar-refractivity contribution is 5.69. The first kappa shape index (κ1) is 13.7. The Labute approximate surface area is 102 Å². The Hall–Kier alpha value is -1.36. The molecule has 0 aliphatic carbocycles. The van der Waals surface area contributed by atoms with Gasteiger partial charge < -0.3 is 9.30 Å². The smallest absolute Gasteiger partial charge is 0.305 e. The molecule has 5 heteroatoms. The molecular formula is C12H21N3O2. The summed E-state index contributed by atoms with van der Waals surface area (Å²) < 4.78 is 6.72. The van der Waals surface area contributed by atoms with Crippen LogP contribution in [0, 0.1) is 0 Å². The average Bonchev–Trinajstić information content (AvgIpc) is 2.76. The number of ether oxygens (including phenoxy) is 1. The summed E-state index contributed by atoms with van der Waals surface area (Å²) in [5.74, 6) is 0.918. The van der Waals surface area contributed by atoms with E-state index in [4.69, 9.17) is 0 Å². The van der Waals surface area contributed by atoms with Crippen molar-refractivity contribution in [3.8, 4) is 0 Å². The SMILES string of the molecule is CCn1ccnc1CN(C)CCCC(=O)OC. The fourth-order valence-electron chi connectivity index (χ4n) is 1.70. The maximum absolute atomic E-state index is 11.0. The van der Waals surface area contributed by atoms with Crippen molar-refractivity contribution in [2.45, 2.75) is 32.9 Å². The Morgan fingerprint density at radius 1 is 1.59 bits per heavy atom. The predicted molar refractivity (Wildman–Crippen MR) is 65.5 cm³/mol. The fraction of sp³-hybridized carbons (Fsp3) is 0.667. The van der Waals surface area contributed by atoms with Crippen molar-refractivity contribution in [1.82, 2.24) is 14.5 Å². The third-order valence-electron chi connectivity index (χ3n) is 2.70. The van der Waals surface area contributed by atoms with Crippen LogP contribution in [-0.4, -0.2) is 41.1 Å². The zero-order valence-corrected chi connectivity index (χ0v) is 10.8. The summed E-state index contributed by atoms with van der Waals surface area (Å²) in [4.78, 5) is 17.4. The van der Waals surface area contributed by atoms with Crippen molar-refractivity contribution < 1.29 is 9.53 Å². The number of hydrogen-bond donors (Lipinski definition) is 0. The molecule has 0 aliphatic heterocycles. The van der Waals surface area contributed by atoms with Gasteiger partial charge in [-0.15, -0.1) is 0 Å². The minimum Gasteiger partial charge on any atom is -0.469 e. The third-order valence-corrected chi connectivity index (χ3v) is 2.70. The highest BCUT2D eigenvalue weighted by Crippen LogP contribution is 2.03. The Morgan fingerprint density at radius 2 is 2.35 bits per heavy atom. The van der Waals surface area contributed by atoms with Gasteiger partial charge in [0.25, 0.3) is 0 Å². The van der Waals surface area contributed by atoms with E-state index in [0.717, 1.165) is 31.9 Å². The molecule has 0 saturated carbocycles. The van der Waals surface area contributed by atoms with E-state index in [0.29, 0.717) is 6.42 Å². The molecule has 0 amide bonds. The second kappa shape index (κ2) is 7.06. The number of hydrogen-bond acceptors (Lipinski definition) is 4. The zero-order chi connectivity index (χ0) is 12.7.